The van der Waals surface area contributed by atoms with Crippen LogP contribution in [0.1, 0.15) is 0 Å². The van der Waals surface area contributed by atoms with Crippen molar-refractivity contribution in [1.82, 2.24) is 10.2 Å². The Morgan fingerprint density at radius 3 is 2.77 bits per heavy atom. The second kappa shape index (κ2) is 2.85. The van der Waals surface area contributed by atoms with Crippen LogP contribution < -0.4 is 5.73 Å². The van der Waals surface area contributed by atoms with Gasteiger partial charge in [-0.25, -0.2) is 4.39 Å². The largest absolute Gasteiger partial charge is 0.404 e. The maximum Gasteiger partial charge on any atom is 0.313 e. The van der Waals surface area contributed by atoms with Gasteiger partial charge in [-0.05, 0) is 18.2 Å². The Morgan fingerprint density at radius 2 is 2.15 bits per heavy atom. The number of halogens is 1. The number of aromatic nitrogens is 2. The highest BCUT2D eigenvalue weighted by Gasteiger charge is 2.05. The highest BCUT2D eigenvalue weighted by atomic mass is 19.1. The molecule has 1 heterocycles. The van der Waals surface area contributed by atoms with Gasteiger partial charge in [0.1, 0.15) is 5.82 Å². The molecule has 0 aliphatic heterocycles. The smallest absolute Gasteiger partial charge is 0.313 e. The summed E-state index contributed by atoms with van der Waals surface area (Å²) in [6.45, 7) is 0. The molecule has 1 aromatic heterocycles. The SMILES string of the molecule is Nc1nnc(-c2cccc(F)c2)o1. The van der Waals surface area contributed by atoms with E-state index in [-0.39, 0.29) is 17.7 Å². The molecule has 66 valence electrons. The van der Waals surface area contributed by atoms with Crippen molar-refractivity contribution in [2.45, 2.75) is 0 Å². The van der Waals surface area contributed by atoms with Crippen LogP contribution in [0.3, 0.4) is 0 Å². The number of anilines is 1. The molecule has 2 aromatic rings. The first-order valence-corrected chi connectivity index (χ1v) is 3.60. The summed E-state index contributed by atoms with van der Waals surface area (Å²) in [7, 11) is 0. The minimum absolute atomic E-state index is 0.0285. The maximum atomic E-state index is 12.7. The fourth-order valence-corrected chi connectivity index (χ4v) is 0.973. The van der Waals surface area contributed by atoms with Gasteiger partial charge in [-0.1, -0.05) is 11.2 Å². The zero-order chi connectivity index (χ0) is 9.26. The van der Waals surface area contributed by atoms with Crippen molar-refractivity contribution in [2.75, 3.05) is 5.73 Å². The van der Waals surface area contributed by atoms with Crippen molar-refractivity contribution in [1.29, 1.82) is 0 Å². The van der Waals surface area contributed by atoms with E-state index in [1.165, 1.54) is 12.1 Å². The first-order valence-electron chi connectivity index (χ1n) is 3.60. The van der Waals surface area contributed by atoms with Crippen molar-refractivity contribution in [3.8, 4) is 11.5 Å². The van der Waals surface area contributed by atoms with Crippen LogP contribution >= 0.6 is 0 Å². The molecule has 1 aromatic carbocycles. The van der Waals surface area contributed by atoms with Gasteiger partial charge in [0.2, 0.25) is 5.89 Å². The van der Waals surface area contributed by atoms with E-state index in [9.17, 15) is 4.39 Å². The van der Waals surface area contributed by atoms with Crippen LogP contribution in [0.25, 0.3) is 11.5 Å². The van der Waals surface area contributed by atoms with Gasteiger partial charge in [-0.3, -0.25) is 0 Å². The topological polar surface area (TPSA) is 64.9 Å². The Bertz CT molecular complexity index is 427. The lowest BCUT2D eigenvalue weighted by Gasteiger charge is -1.92. The Morgan fingerprint density at radius 1 is 1.31 bits per heavy atom. The van der Waals surface area contributed by atoms with Gasteiger partial charge in [0, 0.05) is 5.56 Å². The summed E-state index contributed by atoms with van der Waals surface area (Å²) >= 11 is 0. The van der Waals surface area contributed by atoms with E-state index in [1.54, 1.807) is 12.1 Å². The van der Waals surface area contributed by atoms with Crippen molar-refractivity contribution in [3.63, 3.8) is 0 Å². The van der Waals surface area contributed by atoms with Crippen LogP contribution in [-0.4, -0.2) is 10.2 Å². The summed E-state index contributed by atoms with van der Waals surface area (Å²) in [4.78, 5) is 0. The fraction of sp³-hybridized carbons (Fsp3) is 0. The molecule has 0 aliphatic rings. The molecule has 2 N–H and O–H groups in total. The molecule has 0 atom stereocenters. The van der Waals surface area contributed by atoms with Crippen LogP contribution in [-0.2, 0) is 0 Å². The number of hydrogen-bond donors (Lipinski definition) is 1. The molecule has 13 heavy (non-hydrogen) atoms. The maximum absolute atomic E-state index is 12.7. The summed E-state index contributed by atoms with van der Waals surface area (Å²) in [5.74, 6) is -0.133. The first-order chi connectivity index (χ1) is 6.25. The molecule has 0 spiro atoms. The lowest BCUT2D eigenvalue weighted by molar-refractivity contribution is 0.587. The van der Waals surface area contributed by atoms with Gasteiger partial charge in [0.05, 0.1) is 0 Å². The molecule has 0 aliphatic carbocycles. The van der Waals surface area contributed by atoms with E-state index in [0.717, 1.165) is 0 Å². The third kappa shape index (κ3) is 1.48. The molecule has 0 radical (unpaired) electrons. The van der Waals surface area contributed by atoms with Gasteiger partial charge in [-0.2, -0.15) is 0 Å². The lowest BCUT2D eigenvalue weighted by atomic mass is 10.2. The molecule has 0 fully saturated rings. The molecule has 0 unspecified atom stereocenters. The molecule has 0 amide bonds. The highest BCUT2D eigenvalue weighted by molar-refractivity contribution is 5.52. The third-order valence-electron chi connectivity index (χ3n) is 1.51. The average molecular weight is 179 g/mol. The average Bonchev–Trinajstić information content (AvgIpc) is 2.52. The standard InChI is InChI=1S/C8H6FN3O/c9-6-3-1-2-5(4-6)7-11-12-8(10)13-7/h1-4H,(H2,10,12). The molecular weight excluding hydrogens is 173 g/mol. The number of hydrogen-bond acceptors (Lipinski definition) is 4. The van der Waals surface area contributed by atoms with Gasteiger partial charge in [0.25, 0.3) is 0 Å². The number of benzene rings is 1. The number of nitrogens with zero attached hydrogens (tertiary/aromatic N) is 2. The van der Waals surface area contributed by atoms with Gasteiger partial charge in [0.15, 0.2) is 0 Å². The van der Waals surface area contributed by atoms with E-state index in [1.807, 2.05) is 0 Å². The van der Waals surface area contributed by atoms with E-state index >= 15 is 0 Å². The summed E-state index contributed by atoms with van der Waals surface area (Å²) < 4.78 is 17.7. The quantitative estimate of drug-likeness (QED) is 0.719. The summed E-state index contributed by atoms with van der Waals surface area (Å²) in [5, 5.41) is 7.08. The molecular formula is C8H6FN3O. The molecule has 5 heteroatoms. The Balaban J connectivity index is 2.46. The van der Waals surface area contributed by atoms with Crippen molar-refractivity contribution in [2.24, 2.45) is 0 Å². The Labute approximate surface area is 73.2 Å². The lowest BCUT2D eigenvalue weighted by Crippen LogP contribution is -1.81. The van der Waals surface area contributed by atoms with E-state index < -0.39 is 0 Å². The predicted molar refractivity (Wildman–Crippen MR) is 44.1 cm³/mol. The summed E-state index contributed by atoms with van der Waals surface area (Å²) in [6.07, 6.45) is 0. The second-order valence-electron chi connectivity index (χ2n) is 2.46. The molecule has 0 saturated heterocycles. The summed E-state index contributed by atoms with van der Waals surface area (Å²) in [5.41, 5.74) is 5.74. The molecule has 2 rings (SSSR count). The van der Waals surface area contributed by atoms with E-state index in [0.29, 0.717) is 5.56 Å². The first kappa shape index (κ1) is 7.72. The molecule has 4 nitrogen and oxygen atoms in total. The van der Waals surface area contributed by atoms with Crippen molar-refractivity contribution in [3.05, 3.63) is 30.1 Å². The van der Waals surface area contributed by atoms with Crippen LogP contribution in [0.2, 0.25) is 0 Å². The Hall–Kier alpha value is -1.91. The van der Waals surface area contributed by atoms with Crippen LogP contribution in [0, 0.1) is 5.82 Å². The zero-order valence-electron chi connectivity index (χ0n) is 6.57. The van der Waals surface area contributed by atoms with Gasteiger partial charge in [-0.15, -0.1) is 5.10 Å². The van der Waals surface area contributed by atoms with Crippen LogP contribution in [0.15, 0.2) is 28.7 Å². The third-order valence-corrected chi connectivity index (χ3v) is 1.51. The minimum atomic E-state index is -0.353. The fourth-order valence-electron chi connectivity index (χ4n) is 0.973. The number of rotatable bonds is 1. The highest BCUT2D eigenvalue weighted by Crippen LogP contribution is 2.18. The number of nitrogen functional groups attached to an aromatic ring is 1. The normalized spacial score (nSPS) is 10.2. The van der Waals surface area contributed by atoms with Crippen molar-refractivity contribution < 1.29 is 8.81 Å². The minimum Gasteiger partial charge on any atom is -0.404 e. The summed E-state index contributed by atoms with van der Waals surface area (Å²) in [6, 6.07) is 5.83. The van der Waals surface area contributed by atoms with E-state index in [2.05, 4.69) is 10.2 Å². The van der Waals surface area contributed by atoms with Crippen LogP contribution in [0.4, 0.5) is 10.4 Å². The van der Waals surface area contributed by atoms with Gasteiger partial charge >= 0.3 is 6.01 Å². The monoisotopic (exact) mass is 179 g/mol. The predicted octanol–water partition coefficient (Wildman–Crippen LogP) is 1.46. The second-order valence-corrected chi connectivity index (χ2v) is 2.46. The Kier molecular flexibility index (Phi) is 1.70. The molecule has 0 bridgehead atoms. The molecule has 0 saturated carbocycles. The van der Waals surface area contributed by atoms with Crippen LogP contribution in [0.5, 0.6) is 0 Å². The van der Waals surface area contributed by atoms with Gasteiger partial charge < -0.3 is 10.2 Å². The van der Waals surface area contributed by atoms with E-state index in [4.69, 9.17) is 10.2 Å². The van der Waals surface area contributed by atoms with Crippen molar-refractivity contribution >= 4 is 6.01 Å². The zero-order valence-corrected chi connectivity index (χ0v) is 6.57. The number of nitrogens with two attached hydrogens (primary N) is 1.